The third-order valence-electron chi connectivity index (χ3n) is 3.84. The fourth-order valence-electron chi connectivity index (χ4n) is 2.88. The van der Waals surface area contributed by atoms with E-state index in [0.29, 0.717) is 6.04 Å². The largest absolute Gasteiger partial charge is 0.444 e. The van der Waals surface area contributed by atoms with Crippen LogP contribution in [-0.4, -0.2) is 53.5 Å². The van der Waals surface area contributed by atoms with Gasteiger partial charge in [-0.2, -0.15) is 0 Å². The SMILES string of the molecule is CC(NC(=O)OC(C)(C)C)C1CCCCN1CCCCO. The molecule has 1 amide bonds. The Morgan fingerprint density at radius 1 is 1.38 bits per heavy atom. The molecule has 1 rings (SSSR count). The van der Waals surface area contributed by atoms with Crippen LogP contribution in [0.4, 0.5) is 4.79 Å². The molecule has 5 heteroatoms. The van der Waals surface area contributed by atoms with Gasteiger partial charge in [0, 0.05) is 18.7 Å². The maximum Gasteiger partial charge on any atom is 0.407 e. The number of alkyl carbamates (subject to hydrolysis) is 1. The lowest BCUT2D eigenvalue weighted by Crippen LogP contribution is -2.53. The summed E-state index contributed by atoms with van der Waals surface area (Å²) < 4.78 is 5.33. The topological polar surface area (TPSA) is 61.8 Å². The summed E-state index contributed by atoms with van der Waals surface area (Å²) >= 11 is 0. The Bertz CT molecular complexity index is 315. The van der Waals surface area contributed by atoms with Gasteiger partial charge in [-0.05, 0) is 66.5 Å². The minimum atomic E-state index is -0.461. The van der Waals surface area contributed by atoms with Gasteiger partial charge in [0.1, 0.15) is 5.60 Å². The van der Waals surface area contributed by atoms with Crippen LogP contribution in [-0.2, 0) is 4.74 Å². The van der Waals surface area contributed by atoms with Crippen LogP contribution in [0, 0.1) is 0 Å². The molecular weight excluding hydrogens is 268 g/mol. The highest BCUT2D eigenvalue weighted by Gasteiger charge is 2.29. The van der Waals surface area contributed by atoms with E-state index in [1.54, 1.807) is 0 Å². The number of likely N-dealkylation sites (tertiary alicyclic amines) is 1. The number of nitrogens with one attached hydrogen (secondary N) is 1. The van der Waals surface area contributed by atoms with Crippen LogP contribution in [0.5, 0.6) is 0 Å². The van der Waals surface area contributed by atoms with Gasteiger partial charge < -0.3 is 15.2 Å². The minimum Gasteiger partial charge on any atom is -0.444 e. The van der Waals surface area contributed by atoms with Crippen LogP contribution < -0.4 is 5.32 Å². The number of hydrogen-bond donors (Lipinski definition) is 2. The van der Waals surface area contributed by atoms with E-state index in [2.05, 4.69) is 17.1 Å². The molecule has 2 atom stereocenters. The average molecular weight is 300 g/mol. The smallest absolute Gasteiger partial charge is 0.407 e. The van der Waals surface area contributed by atoms with Crippen LogP contribution in [0.1, 0.15) is 59.8 Å². The quantitative estimate of drug-likeness (QED) is 0.740. The highest BCUT2D eigenvalue weighted by atomic mass is 16.6. The van der Waals surface area contributed by atoms with Gasteiger partial charge in [-0.25, -0.2) is 4.79 Å². The first kappa shape index (κ1) is 18.2. The van der Waals surface area contributed by atoms with Crippen molar-refractivity contribution in [2.75, 3.05) is 19.7 Å². The van der Waals surface area contributed by atoms with Crippen molar-refractivity contribution in [1.29, 1.82) is 0 Å². The Kier molecular flexibility index (Phi) is 7.46. The molecular formula is C16H32N2O3. The van der Waals surface area contributed by atoms with Crippen molar-refractivity contribution in [2.45, 2.75) is 77.5 Å². The predicted molar refractivity (Wildman–Crippen MR) is 84.4 cm³/mol. The Morgan fingerprint density at radius 3 is 2.71 bits per heavy atom. The summed E-state index contributed by atoms with van der Waals surface area (Å²) in [6.07, 6.45) is 5.05. The number of unbranched alkanes of at least 4 members (excludes halogenated alkanes) is 1. The van der Waals surface area contributed by atoms with E-state index in [1.807, 2.05) is 20.8 Å². The third kappa shape index (κ3) is 7.14. The summed E-state index contributed by atoms with van der Waals surface area (Å²) in [7, 11) is 0. The summed E-state index contributed by atoms with van der Waals surface area (Å²) in [5.41, 5.74) is -0.461. The third-order valence-corrected chi connectivity index (χ3v) is 3.84. The molecule has 2 N–H and O–H groups in total. The van der Waals surface area contributed by atoms with Gasteiger partial charge in [-0.15, -0.1) is 0 Å². The first-order valence-corrected chi connectivity index (χ1v) is 8.18. The number of rotatable bonds is 6. The van der Waals surface area contributed by atoms with Crippen molar-refractivity contribution < 1.29 is 14.6 Å². The molecule has 5 nitrogen and oxygen atoms in total. The second-order valence-corrected chi connectivity index (χ2v) is 6.96. The van der Waals surface area contributed by atoms with Crippen LogP contribution in [0.25, 0.3) is 0 Å². The lowest BCUT2D eigenvalue weighted by molar-refractivity contribution is 0.0441. The zero-order chi connectivity index (χ0) is 15.9. The molecule has 0 aromatic heterocycles. The summed E-state index contributed by atoms with van der Waals surface area (Å²) in [5, 5.41) is 11.9. The van der Waals surface area contributed by atoms with Gasteiger partial charge in [-0.1, -0.05) is 6.42 Å². The lowest BCUT2D eigenvalue weighted by atomic mass is 9.96. The fraction of sp³-hybridized carbons (Fsp3) is 0.938. The molecule has 124 valence electrons. The minimum absolute atomic E-state index is 0.0780. The van der Waals surface area contributed by atoms with E-state index in [-0.39, 0.29) is 18.7 Å². The average Bonchev–Trinajstić information content (AvgIpc) is 2.37. The molecule has 1 heterocycles. The second-order valence-electron chi connectivity index (χ2n) is 6.96. The van der Waals surface area contributed by atoms with Gasteiger partial charge >= 0.3 is 6.09 Å². The van der Waals surface area contributed by atoms with Gasteiger partial charge in [0.05, 0.1) is 0 Å². The number of ether oxygens (including phenoxy) is 1. The second kappa shape index (κ2) is 8.59. The van der Waals surface area contributed by atoms with Gasteiger partial charge in [0.15, 0.2) is 0 Å². The number of hydrogen-bond acceptors (Lipinski definition) is 4. The highest BCUT2D eigenvalue weighted by Crippen LogP contribution is 2.20. The van der Waals surface area contributed by atoms with Crippen molar-refractivity contribution in [3.63, 3.8) is 0 Å². The Balaban J connectivity index is 2.48. The number of carbonyl (C=O) groups is 1. The first-order chi connectivity index (χ1) is 9.83. The zero-order valence-electron chi connectivity index (χ0n) is 14.0. The van der Waals surface area contributed by atoms with Crippen molar-refractivity contribution in [3.8, 4) is 0 Å². The summed E-state index contributed by atoms with van der Waals surface area (Å²) in [5.74, 6) is 0. The van der Waals surface area contributed by atoms with Crippen molar-refractivity contribution in [1.82, 2.24) is 10.2 Å². The number of carbonyl (C=O) groups excluding carboxylic acids is 1. The van der Waals surface area contributed by atoms with Crippen LogP contribution in [0.3, 0.4) is 0 Å². The van der Waals surface area contributed by atoms with E-state index in [0.717, 1.165) is 32.4 Å². The van der Waals surface area contributed by atoms with E-state index < -0.39 is 5.60 Å². The number of aliphatic hydroxyl groups excluding tert-OH is 1. The molecule has 21 heavy (non-hydrogen) atoms. The van der Waals surface area contributed by atoms with Crippen LogP contribution in [0.2, 0.25) is 0 Å². The molecule has 0 aromatic carbocycles. The molecule has 0 radical (unpaired) electrons. The first-order valence-electron chi connectivity index (χ1n) is 8.18. The number of aliphatic hydroxyl groups is 1. The zero-order valence-corrected chi connectivity index (χ0v) is 14.0. The molecule has 0 bridgehead atoms. The van der Waals surface area contributed by atoms with Gasteiger partial charge in [-0.3, -0.25) is 4.90 Å². The summed E-state index contributed by atoms with van der Waals surface area (Å²) in [4.78, 5) is 14.3. The normalized spacial score (nSPS) is 21.9. The number of nitrogens with zero attached hydrogens (tertiary/aromatic N) is 1. The Labute approximate surface area is 129 Å². The maximum atomic E-state index is 11.9. The van der Waals surface area contributed by atoms with Gasteiger partial charge in [0.2, 0.25) is 0 Å². The lowest BCUT2D eigenvalue weighted by Gasteiger charge is -2.39. The van der Waals surface area contributed by atoms with E-state index in [4.69, 9.17) is 9.84 Å². The van der Waals surface area contributed by atoms with Crippen LogP contribution in [0.15, 0.2) is 0 Å². The van der Waals surface area contributed by atoms with Crippen molar-refractivity contribution in [3.05, 3.63) is 0 Å². The predicted octanol–water partition coefficient (Wildman–Crippen LogP) is 2.53. The molecule has 1 fully saturated rings. The molecule has 1 saturated heterocycles. The molecule has 0 aromatic rings. The molecule has 0 spiro atoms. The molecule has 1 aliphatic rings. The van der Waals surface area contributed by atoms with Crippen LogP contribution >= 0.6 is 0 Å². The van der Waals surface area contributed by atoms with Crippen molar-refractivity contribution >= 4 is 6.09 Å². The highest BCUT2D eigenvalue weighted by molar-refractivity contribution is 5.68. The Morgan fingerprint density at radius 2 is 2.10 bits per heavy atom. The molecule has 0 aliphatic carbocycles. The standard InChI is InChI=1S/C16H32N2O3/c1-13(17-15(20)21-16(2,3)4)14-9-5-6-10-18(14)11-7-8-12-19/h13-14,19H,5-12H2,1-4H3,(H,17,20). The van der Waals surface area contributed by atoms with Gasteiger partial charge in [0.25, 0.3) is 0 Å². The molecule has 0 saturated carbocycles. The summed E-state index contributed by atoms with van der Waals surface area (Å²) in [6, 6.07) is 0.444. The maximum absolute atomic E-state index is 11.9. The number of amides is 1. The molecule has 2 unspecified atom stereocenters. The summed E-state index contributed by atoms with van der Waals surface area (Å²) in [6.45, 7) is 10.0. The van der Waals surface area contributed by atoms with E-state index >= 15 is 0 Å². The fourth-order valence-corrected chi connectivity index (χ4v) is 2.88. The molecule has 1 aliphatic heterocycles. The van der Waals surface area contributed by atoms with E-state index in [9.17, 15) is 4.79 Å². The number of piperidine rings is 1. The Hall–Kier alpha value is -0.810. The van der Waals surface area contributed by atoms with E-state index in [1.165, 1.54) is 12.8 Å². The monoisotopic (exact) mass is 300 g/mol. The van der Waals surface area contributed by atoms with Crippen molar-refractivity contribution in [2.24, 2.45) is 0 Å².